The highest BCUT2D eigenvalue weighted by Gasteiger charge is 2.66. The van der Waals surface area contributed by atoms with Crippen LogP contribution in [0, 0.1) is 46.3 Å². The van der Waals surface area contributed by atoms with Gasteiger partial charge >= 0.3 is 0 Å². The van der Waals surface area contributed by atoms with E-state index < -0.39 is 0 Å². The molecule has 1 aromatic rings. The van der Waals surface area contributed by atoms with Crippen molar-refractivity contribution < 1.29 is 14.2 Å². The van der Waals surface area contributed by atoms with Gasteiger partial charge in [0.05, 0.1) is 38.1 Å². The van der Waals surface area contributed by atoms with Gasteiger partial charge in [0.25, 0.3) is 0 Å². The van der Waals surface area contributed by atoms with E-state index in [0.717, 1.165) is 38.8 Å². The summed E-state index contributed by atoms with van der Waals surface area (Å²) in [5, 5.41) is 0. The third kappa shape index (κ3) is 7.50. The zero-order valence-corrected chi connectivity index (χ0v) is 29.0. The van der Waals surface area contributed by atoms with E-state index in [9.17, 15) is 0 Å². The molecule has 0 heterocycles. The Bertz CT molecular complexity index is 1030. The molecular weight excluding hydrogens is 560 g/mol. The summed E-state index contributed by atoms with van der Waals surface area (Å²) >= 11 is 0. The van der Waals surface area contributed by atoms with Gasteiger partial charge in [-0.25, -0.2) is 0 Å². The second-order valence-corrected chi connectivity index (χ2v) is 15.8. The summed E-state index contributed by atoms with van der Waals surface area (Å²) in [6.07, 6.45) is 11.7. The Morgan fingerprint density at radius 1 is 0.867 bits per heavy atom. The molecule has 5 rings (SSSR count). The van der Waals surface area contributed by atoms with Crippen LogP contribution in [0.25, 0.3) is 0 Å². The Morgan fingerprint density at radius 3 is 2.31 bits per heavy atom. The molecule has 4 saturated carbocycles. The van der Waals surface area contributed by atoms with E-state index in [2.05, 4.69) is 63.1 Å². The number of rotatable bonds is 16. The van der Waals surface area contributed by atoms with Crippen molar-refractivity contribution in [2.45, 2.75) is 103 Å². The van der Waals surface area contributed by atoms with Gasteiger partial charge in [-0.2, -0.15) is 0 Å². The number of nitrogens with two attached hydrogens (primary N) is 3. The average Bonchev–Trinajstić information content (AvgIpc) is 3.40. The zero-order valence-electron chi connectivity index (χ0n) is 29.0. The summed E-state index contributed by atoms with van der Waals surface area (Å²) in [6.45, 7) is 13.6. The lowest BCUT2D eigenvalue weighted by Gasteiger charge is -2.64. The van der Waals surface area contributed by atoms with Crippen LogP contribution in [0.2, 0.25) is 0 Å². The molecule has 0 amide bonds. The fraction of sp³-hybridized carbons (Fsp3) is 0.842. The first-order valence-electron chi connectivity index (χ1n) is 18.4. The molecule has 4 aliphatic carbocycles. The van der Waals surface area contributed by atoms with E-state index in [1.165, 1.54) is 37.7 Å². The van der Waals surface area contributed by atoms with Crippen molar-refractivity contribution in [2.75, 3.05) is 53.0 Å². The van der Waals surface area contributed by atoms with Crippen LogP contribution < -0.4 is 17.2 Å². The minimum atomic E-state index is 0.140. The molecule has 0 aliphatic heterocycles. The second-order valence-electron chi connectivity index (χ2n) is 15.8. The van der Waals surface area contributed by atoms with Gasteiger partial charge in [0.15, 0.2) is 0 Å². The van der Waals surface area contributed by atoms with Gasteiger partial charge in [0.2, 0.25) is 0 Å². The van der Waals surface area contributed by atoms with Crippen LogP contribution in [0.5, 0.6) is 0 Å². The molecule has 6 N–H and O–H groups in total. The van der Waals surface area contributed by atoms with E-state index in [4.69, 9.17) is 31.4 Å². The molecular formula is C38H66N4O3. The molecule has 7 heteroatoms. The van der Waals surface area contributed by atoms with Crippen LogP contribution >= 0.6 is 0 Å². The first kappa shape index (κ1) is 35.3. The van der Waals surface area contributed by atoms with E-state index in [1.807, 2.05) is 0 Å². The van der Waals surface area contributed by atoms with Crippen molar-refractivity contribution in [3.05, 3.63) is 35.9 Å². The first-order valence-corrected chi connectivity index (χ1v) is 18.4. The number of hydrogen-bond acceptors (Lipinski definition) is 7. The predicted molar refractivity (Wildman–Crippen MR) is 184 cm³/mol. The summed E-state index contributed by atoms with van der Waals surface area (Å²) in [5.74, 6) is 3.69. The van der Waals surface area contributed by atoms with Crippen molar-refractivity contribution in [1.82, 2.24) is 4.90 Å². The molecule has 0 spiro atoms. The predicted octanol–water partition coefficient (Wildman–Crippen LogP) is 5.45. The highest BCUT2D eigenvalue weighted by Crippen LogP contribution is 2.69. The van der Waals surface area contributed by atoms with Crippen LogP contribution in [-0.4, -0.2) is 76.3 Å². The molecule has 7 nitrogen and oxygen atoms in total. The van der Waals surface area contributed by atoms with Crippen molar-refractivity contribution in [2.24, 2.45) is 63.5 Å². The molecule has 11 atom stereocenters. The maximum atomic E-state index is 6.87. The summed E-state index contributed by atoms with van der Waals surface area (Å²) in [7, 11) is 2.26. The van der Waals surface area contributed by atoms with Crippen LogP contribution in [0.3, 0.4) is 0 Å². The molecule has 4 aliphatic rings. The largest absolute Gasteiger partial charge is 0.377 e. The Morgan fingerprint density at radius 2 is 1.58 bits per heavy atom. The van der Waals surface area contributed by atoms with Crippen molar-refractivity contribution in [3.63, 3.8) is 0 Å². The van der Waals surface area contributed by atoms with Gasteiger partial charge in [-0.05, 0) is 118 Å². The van der Waals surface area contributed by atoms with Crippen molar-refractivity contribution in [1.29, 1.82) is 0 Å². The van der Waals surface area contributed by atoms with E-state index in [-0.39, 0.29) is 23.0 Å². The van der Waals surface area contributed by atoms with E-state index in [1.54, 1.807) is 0 Å². The van der Waals surface area contributed by atoms with Crippen LogP contribution in [0.15, 0.2) is 30.3 Å². The number of nitrogens with zero attached hydrogens (tertiary/aromatic N) is 1. The van der Waals surface area contributed by atoms with Gasteiger partial charge in [0.1, 0.15) is 0 Å². The van der Waals surface area contributed by atoms with Crippen molar-refractivity contribution in [3.8, 4) is 0 Å². The quantitative estimate of drug-likeness (QED) is 0.224. The zero-order chi connectivity index (χ0) is 32.0. The fourth-order valence-electron chi connectivity index (χ4n) is 11.2. The van der Waals surface area contributed by atoms with Gasteiger partial charge in [-0.1, -0.05) is 51.1 Å². The highest BCUT2D eigenvalue weighted by molar-refractivity contribution is 5.16. The lowest BCUT2D eigenvalue weighted by atomic mass is 9.43. The highest BCUT2D eigenvalue weighted by atomic mass is 16.5. The smallest absolute Gasteiger partial charge is 0.0637 e. The SMILES string of the molecule is C[C@H](CCCN(C)Cc1ccccc1)[C@H]1CC[C@H]2[C@@H]3[C@H](OCCN)C[C@@H]4C[C@H](OCCN)CC[C@]4(C)[C@H]3C[C@H](OCCN)[C@]12C. The first-order chi connectivity index (χ1) is 21.8. The van der Waals surface area contributed by atoms with Gasteiger partial charge < -0.3 is 36.3 Å². The maximum Gasteiger partial charge on any atom is 0.0637 e. The Kier molecular flexibility index (Phi) is 12.4. The number of benzene rings is 1. The van der Waals surface area contributed by atoms with Crippen molar-refractivity contribution >= 4 is 0 Å². The van der Waals surface area contributed by atoms with E-state index in [0.29, 0.717) is 81.1 Å². The number of fused-ring (bicyclic) bond motifs is 5. The van der Waals surface area contributed by atoms with Crippen LogP contribution in [-0.2, 0) is 20.8 Å². The summed E-state index contributed by atoms with van der Waals surface area (Å²) in [4.78, 5) is 2.48. The van der Waals surface area contributed by atoms with Gasteiger partial charge in [-0.3, -0.25) is 0 Å². The standard InChI is InChI=1S/C38H66N4O3/c1-27(9-8-19-42(4)26-28-10-6-5-7-11-28)31-12-13-32-36-33(25-35(38(31,32)3)45-22-18-41)37(2)15-14-30(43-20-16-39)23-29(37)24-34(36)44-21-17-40/h5-7,10-11,27,29-36H,8-9,12-26,39-41H2,1-4H3/t27-,29+,30-,31-,32+,33+,34-,35+,36+,37+,38-/m1/s1. The minimum absolute atomic E-state index is 0.140. The Labute approximate surface area is 274 Å². The molecule has 0 saturated heterocycles. The normalized spacial score (nSPS) is 38.5. The molecule has 0 unspecified atom stereocenters. The number of hydrogen-bond donors (Lipinski definition) is 3. The van der Waals surface area contributed by atoms with E-state index >= 15 is 0 Å². The molecule has 0 radical (unpaired) electrons. The molecule has 0 bridgehead atoms. The van der Waals surface area contributed by atoms with Gasteiger partial charge in [0, 0.05) is 31.6 Å². The third-order valence-corrected chi connectivity index (χ3v) is 13.3. The molecule has 0 aromatic heterocycles. The Hall–Kier alpha value is -1.06. The second kappa shape index (κ2) is 15.9. The van der Waals surface area contributed by atoms with Crippen LogP contribution in [0.1, 0.15) is 84.1 Å². The topological polar surface area (TPSA) is 109 Å². The maximum absolute atomic E-state index is 6.87. The molecule has 1 aromatic carbocycles. The summed E-state index contributed by atoms with van der Waals surface area (Å²) in [6, 6.07) is 10.8. The molecule has 256 valence electrons. The summed E-state index contributed by atoms with van der Waals surface area (Å²) < 4.78 is 19.9. The minimum Gasteiger partial charge on any atom is -0.377 e. The molecule has 45 heavy (non-hydrogen) atoms. The third-order valence-electron chi connectivity index (χ3n) is 13.3. The van der Waals surface area contributed by atoms with Gasteiger partial charge in [-0.15, -0.1) is 0 Å². The number of ether oxygens (including phenoxy) is 3. The average molecular weight is 627 g/mol. The monoisotopic (exact) mass is 627 g/mol. The fourth-order valence-corrected chi connectivity index (χ4v) is 11.2. The summed E-state index contributed by atoms with van der Waals surface area (Å²) in [5.41, 5.74) is 19.7. The molecule has 4 fully saturated rings. The Balaban J connectivity index is 1.33. The lowest BCUT2D eigenvalue weighted by molar-refractivity contribution is -0.226. The lowest BCUT2D eigenvalue weighted by Crippen LogP contribution is -2.63. The van der Waals surface area contributed by atoms with Crippen LogP contribution in [0.4, 0.5) is 0 Å².